The van der Waals surface area contributed by atoms with Crippen molar-refractivity contribution in [2.24, 2.45) is 0 Å². The summed E-state index contributed by atoms with van der Waals surface area (Å²) in [7, 11) is 0. The highest BCUT2D eigenvalue weighted by atomic mass is 15.1. The summed E-state index contributed by atoms with van der Waals surface area (Å²) < 4.78 is 2.16. The summed E-state index contributed by atoms with van der Waals surface area (Å²) in [6.07, 6.45) is 4.22. The third-order valence-electron chi connectivity index (χ3n) is 3.70. The van der Waals surface area contributed by atoms with Crippen LogP contribution < -0.4 is 5.32 Å². The van der Waals surface area contributed by atoms with Crippen molar-refractivity contribution < 1.29 is 0 Å². The normalized spacial score (nSPS) is 17.8. The van der Waals surface area contributed by atoms with E-state index in [0.29, 0.717) is 5.92 Å². The predicted molar refractivity (Wildman–Crippen MR) is 67.3 cm³/mol. The Bertz CT molecular complexity index is 538. The Kier molecular flexibility index (Phi) is 2.59. The van der Waals surface area contributed by atoms with Crippen LogP contribution in [0.1, 0.15) is 36.0 Å². The lowest BCUT2D eigenvalue weighted by molar-refractivity contribution is 0.453. The van der Waals surface area contributed by atoms with E-state index in [1.165, 1.54) is 24.2 Å². The predicted octanol–water partition coefficient (Wildman–Crippen LogP) is 1.81. The third-order valence-corrected chi connectivity index (χ3v) is 3.70. The lowest BCUT2D eigenvalue weighted by atomic mass is 9.93. The van der Waals surface area contributed by atoms with E-state index in [-0.39, 0.29) is 0 Å². The van der Waals surface area contributed by atoms with Crippen LogP contribution in [-0.2, 0) is 0 Å². The van der Waals surface area contributed by atoms with Crippen LogP contribution in [0.15, 0.2) is 12.3 Å². The average Bonchev–Trinajstić information content (AvgIpc) is 2.69. The van der Waals surface area contributed by atoms with Crippen molar-refractivity contribution in [3.8, 4) is 0 Å². The van der Waals surface area contributed by atoms with Crippen LogP contribution in [0.3, 0.4) is 0 Å². The zero-order valence-electron chi connectivity index (χ0n) is 10.4. The number of rotatable bonds is 1. The number of hydrogen-bond acceptors (Lipinski definition) is 3. The number of hydrogen-bond donors (Lipinski definition) is 1. The molecule has 17 heavy (non-hydrogen) atoms. The SMILES string of the molecule is Cc1nccc2nc(C3CCNCC3)c(C)n12. The molecule has 0 spiro atoms. The molecular formula is C13H18N4. The molecule has 3 rings (SSSR count). The molecule has 0 bridgehead atoms. The molecule has 0 radical (unpaired) electrons. The van der Waals surface area contributed by atoms with Crippen molar-refractivity contribution >= 4 is 5.65 Å². The quantitative estimate of drug-likeness (QED) is 0.812. The summed E-state index contributed by atoms with van der Waals surface area (Å²) in [6, 6.07) is 1.99. The van der Waals surface area contributed by atoms with Crippen molar-refractivity contribution in [3.05, 3.63) is 29.5 Å². The summed E-state index contributed by atoms with van der Waals surface area (Å²) in [5.41, 5.74) is 3.56. The Morgan fingerprint density at radius 3 is 2.76 bits per heavy atom. The first-order valence-corrected chi connectivity index (χ1v) is 6.28. The summed E-state index contributed by atoms with van der Waals surface area (Å²) in [5.74, 6) is 1.63. The number of nitrogens with one attached hydrogen (secondary N) is 1. The maximum atomic E-state index is 4.79. The molecule has 1 aliphatic heterocycles. The molecule has 1 aliphatic rings. The van der Waals surface area contributed by atoms with Crippen molar-refractivity contribution in [1.29, 1.82) is 0 Å². The fourth-order valence-corrected chi connectivity index (χ4v) is 2.81. The van der Waals surface area contributed by atoms with E-state index in [9.17, 15) is 0 Å². The largest absolute Gasteiger partial charge is 0.317 e. The van der Waals surface area contributed by atoms with Crippen molar-refractivity contribution in [3.63, 3.8) is 0 Å². The van der Waals surface area contributed by atoms with Gasteiger partial charge in [0, 0.05) is 17.8 Å². The van der Waals surface area contributed by atoms with Gasteiger partial charge in [0.05, 0.1) is 5.69 Å². The Balaban J connectivity index is 2.10. The molecule has 0 aliphatic carbocycles. The van der Waals surface area contributed by atoms with Crippen LogP contribution in [0.2, 0.25) is 0 Å². The monoisotopic (exact) mass is 230 g/mol. The van der Waals surface area contributed by atoms with Crippen LogP contribution in [0, 0.1) is 13.8 Å². The van der Waals surface area contributed by atoms with Crippen molar-refractivity contribution in [2.45, 2.75) is 32.6 Å². The van der Waals surface area contributed by atoms with E-state index in [1.807, 2.05) is 19.2 Å². The smallest absolute Gasteiger partial charge is 0.140 e. The summed E-state index contributed by atoms with van der Waals surface area (Å²) in [5, 5.41) is 3.40. The first-order valence-electron chi connectivity index (χ1n) is 6.28. The number of piperidine rings is 1. The van der Waals surface area contributed by atoms with E-state index >= 15 is 0 Å². The fraction of sp³-hybridized carbons (Fsp3) is 0.538. The van der Waals surface area contributed by atoms with E-state index in [2.05, 4.69) is 21.6 Å². The molecule has 90 valence electrons. The van der Waals surface area contributed by atoms with Gasteiger partial charge in [0.1, 0.15) is 11.5 Å². The highest BCUT2D eigenvalue weighted by Gasteiger charge is 2.21. The molecule has 4 nitrogen and oxygen atoms in total. The average molecular weight is 230 g/mol. The standard InChI is InChI=1S/C13H18N4/c1-9-13(11-3-6-14-7-4-11)16-12-5-8-15-10(2)17(9)12/h5,8,11,14H,3-4,6-7H2,1-2H3. The molecule has 2 aromatic rings. The van der Waals surface area contributed by atoms with E-state index in [0.717, 1.165) is 24.6 Å². The maximum Gasteiger partial charge on any atom is 0.140 e. The molecule has 0 saturated carbocycles. The molecule has 0 amide bonds. The van der Waals surface area contributed by atoms with E-state index in [4.69, 9.17) is 4.98 Å². The Labute approximate surface area is 101 Å². The zero-order chi connectivity index (χ0) is 11.8. The van der Waals surface area contributed by atoms with Gasteiger partial charge in [-0.2, -0.15) is 0 Å². The van der Waals surface area contributed by atoms with Gasteiger partial charge in [-0.15, -0.1) is 0 Å². The molecule has 1 N–H and O–H groups in total. The second kappa shape index (κ2) is 4.11. The molecule has 0 aromatic carbocycles. The molecule has 2 aromatic heterocycles. The van der Waals surface area contributed by atoms with Gasteiger partial charge < -0.3 is 5.32 Å². The maximum absolute atomic E-state index is 4.79. The van der Waals surface area contributed by atoms with Gasteiger partial charge in [-0.25, -0.2) is 9.97 Å². The zero-order valence-corrected chi connectivity index (χ0v) is 10.4. The number of aromatic nitrogens is 3. The van der Waals surface area contributed by atoms with Gasteiger partial charge in [0.2, 0.25) is 0 Å². The van der Waals surface area contributed by atoms with E-state index < -0.39 is 0 Å². The van der Waals surface area contributed by atoms with Crippen LogP contribution >= 0.6 is 0 Å². The van der Waals surface area contributed by atoms with E-state index in [1.54, 1.807) is 0 Å². The number of nitrogens with zero attached hydrogens (tertiary/aromatic N) is 3. The Morgan fingerprint density at radius 2 is 2.06 bits per heavy atom. The highest BCUT2D eigenvalue weighted by Crippen LogP contribution is 2.28. The molecule has 0 unspecified atom stereocenters. The summed E-state index contributed by atoms with van der Waals surface area (Å²) >= 11 is 0. The van der Waals surface area contributed by atoms with Gasteiger partial charge >= 0.3 is 0 Å². The molecule has 3 heterocycles. The molecule has 0 atom stereocenters. The summed E-state index contributed by atoms with van der Waals surface area (Å²) in [6.45, 7) is 6.41. The van der Waals surface area contributed by atoms with Crippen LogP contribution in [0.4, 0.5) is 0 Å². The minimum atomic E-state index is 0.607. The molecular weight excluding hydrogens is 212 g/mol. The second-order valence-electron chi connectivity index (χ2n) is 4.79. The number of imidazole rings is 1. The van der Waals surface area contributed by atoms with Gasteiger partial charge in [-0.05, 0) is 45.8 Å². The third kappa shape index (κ3) is 1.72. The topological polar surface area (TPSA) is 42.2 Å². The van der Waals surface area contributed by atoms with Gasteiger partial charge in [0.15, 0.2) is 0 Å². The number of fused-ring (bicyclic) bond motifs is 1. The molecule has 1 saturated heterocycles. The minimum Gasteiger partial charge on any atom is -0.317 e. The fourth-order valence-electron chi connectivity index (χ4n) is 2.81. The van der Waals surface area contributed by atoms with Crippen LogP contribution in [0.25, 0.3) is 5.65 Å². The number of aryl methyl sites for hydroxylation is 2. The first kappa shape index (κ1) is 10.7. The van der Waals surface area contributed by atoms with Gasteiger partial charge in [0.25, 0.3) is 0 Å². The Morgan fingerprint density at radius 1 is 1.29 bits per heavy atom. The Hall–Kier alpha value is -1.42. The highest BCUT2D eigenvalue weighted by molar-refractivity contribution is 5.44. The van der Waals surface area contributed by atoms with Gasteiger partial charge in [-0.3, -0.25) is 4.40 Å². The van der Waals surface area contributed by atoms with Crippen molar-refractivity contribution in [2.75, 3.05) is 13.1 Å². The molecule has 1 fully saturated rings. The minimum absolute atomic E-state index is 0.607. The lowest BCUT2D eigenvalue weighted by Crippen LogP contribution is -2.27. The first-order chi connectivity index (χ1) is 8.27. The second-order valence-corrected chi connectivity index (χ2v) is 4.79. The summed E-state index contributed by atoms with van der Waals surface area (Å²) in [4.78, 5) is 9.13. The van der Waals surface area contributed by atoms with Crippen molar-refractivity contribution in [1.82, 2.24) is 19.7 Å². The molecule has 4 heteroatoms. The van der Waals surface area contributed by atoms with Gasteiger partial charge in [-0.1, -0.05) is 0 Å². The van der Waals surface area contributed by atoms with Crippen LogP contribution in [-0.4, -0.2) is 27.5 Å². The van der Waals surface area contributed by atoms with Crippen LogP contribution in [0.5, 0.6) is 0 Å². The lowest BCUT2D eigenvalue weighted by Gasteiger charge is -2.21.